The monoisotopic (exact) mass is 291 g/mol. The van der Waals surface area contributed by atoms with E-state index in [1.54, 1.807) is 6.92 Å². The second kappa shape index (κ2) is 5.84. The van der Waals surface area contributed by atoms with E-state index in [9.17, 15) is 14.9 Å². The Hall–Kier alpha value is -1.91. The number of hydrogen-bond acceptors (Lipinski definition) is 4. The molecule has 3 unspecified atom stereocenters. The van der Waals surface area contributed by atoms with Crippen LogP contribution in [0.2, 0.25) is 0 Å². The number of rotatable bonds is 3. The SMILES string of the molecule is CC(=O)OC(C)C1([N+](=O)[O-])CCC1C.c1cc2cc(c1)C2. The lowest BCUT2D eigenvalue weighted by molar-refractivity contribution is -0.609. The third-order valence-electron chi connectivity index (χ3n) is 4.62. The molecule has 2 bridgehead atoms. The molecule has 4 rings (SSSR count). The van der Waals surface area contributed by atoms with Crippen LogP contribution in [-0.4, -0.2) is 22.5 Å². The van der Waals surface area contributed by atoms with Crippen molar-refractivity contribution in [2.24, 2.45) is 5.92 Å². The Morgan fingerprint density at radius 3 is 2.24 bits per heavy atom. The van der Waals surface area contributed by atoms with Crippen LogP contribution in [0.1, 0.15) is 44.7 Å². The lowest BCUT2D eigenvalue weighted by Crippen LogP contribution is -2.60. The fourth-order valence-electron chi connectivity index (χ4n) is 3.06. The average molecular weight is 291 g/mol. The molecule has 0 amide bonds. The molecule has 0 spiro atoms. The minimum Gasteiger partial charge on any atom is -0.455 e. The Bertz CT molecular complexity index is 532. The Labute approximate surface area is 124 Å². The number of hydrogen-bond donors (Lipinski definition) is 0. The summed E-state index contributed by atoms with van der Waals surface area (Å²) in [5.41, 5.74) is 1.92. The zero-order valence-electron chi connectivity index (χ0n) is 12.7. The number of benzene rings is 1. The van der Waals surface area contributed by atoms with Gasteiger partial charge >= 0.3 is 5.97 Å². The normalized spacial score (nSPS) is 26.3. The molecular weight excluding hydrogens is 270 g/mol. The number of carbonyl (C=O) groups is 1. The zero-order chi connectivity index (χ0) is 15.6. The van der Waals surface area contributed by atoms with Crippen LogP contribution in [0, 0.1) is 16.0 Å². The maximum atomic E-state index is 11.0. The molecule has 0 saturated heterocycles. The molecule has 0 heterocycles. The summed E-state index contributed by atoms with van der Waals surface area (Å²) in [6, 6.07) is 8.65. The predicted octanol–water partition coefficient (Wildman–Crippen LogP) is 2.97. The third kappa shape index (κ3) is 2.91. The maximum absolute atomic E-state index is 11.0. The molecular formula is C16H21NO4. The highest BCUT2D eigenvalue weighted by molar-refractivity contribution is 5.66. The van der Waals surface area contributed by atoms with E-state index in [0.29, 0.717) is 6.42 Å². The van der Waals surface area contributed by atoms with Crippen LogP contribution < -0.4 is 0 Å². The molecule has 1 saturated carbocycles. The van der Waals surface area contributed by atoms with Crippen molar-refractivity contribution in [3.8, 4) is 0 Å². The minimum absolute atomic E-state index is 0.0214. The Morgan fingerprint density at radius 1 is 1.48 bits per heavy atom. The van der Waals surface area contributed by atoms with E-state index in [0.717, 1.165) is 6.42 Å². The summed E-state index contributed by atoms with van der Waals surface area (Å²) < 4.78 is 4.91. The standard InChI is InChI=1S/C9H15NO4.C7H6/c1-6-4-5-9(6,10(12)13)7(2)14-8(3)11;1-2-6-4-7(3-1)5-6/h6-7H,4-5H2,1-3H3;1-4H,5H2. The van der Waals surface area contributed by atoms with Crippen molar-refractivity contribution in [2.45, 2.75) is 51.7 Å². The van der Waals surface area contributed by atoms with Gasteiger partial charge in [0, 0.05) is 24.2 Å². The fourth-order valence-corrected chi connectivity index (χ4v) is 3.06. The highest BCUT2D eigenvalue weighted by Crippen LogP contribution is 2.44. The summed E-state index contributed by atoms with van der Waals surface area (Å²) in [4.78, 5) is 21.4. The van der Waals surface area contributed by atoms with Crippen molar-refractivity contribution in [1.29, 1.82) is 0 Å². The smallest absolute Gasteiger partial charge is 0.303 e. The first-order valence-corrected chi connectivity index (χ1v) is 7.26. The molecule has 1 fully saturated rings. The number of fused-ring (bicyclic) bond motifs is 2. The summed E-state index contributed by atoms with van der Waals surface area (Å²) in [6.07, 6.45) is 1.90. The van der Waals surface area contributed by atoms with Gasteiger partial charge < -0.3 is 4.74 Å². The van der Waals surface area contributed by atoms with Gasteiger partial charge in [-0.2, -0.15) is 0 Å². The van der Waals surface area contributed by atoms with E-state index in [1.807, 2.05) is 6.92 Å². The van der Waals surface area contributed by atoms with Crippen molar-refractivity contribution in [2.75, 3.05) is 0 Å². The highest BCUT2D eigenvalue weighted by atomic mass is 16.6. The van der Waals surface area contributed by atoms with E-state index in [4.69, 9.17) is 4.74 Å². The quantitative estimate of drug-likeness (QED) is 0.495. The van der Waals surface area contributed by atoms with Crippen molar-refractivity contribution >= 4 is 5.97 Å². The lowest BCUT2D eigenvalue weighted by Gasteiger charge is -2.42. The van der Waals surface area contributed by atoms with Crippen LogP contribution in [0.3, 0.4) is 0 Å². The van der Waals surface area contributed by atoms with Crippen LogP contribution >= 0.6 is 0 Å². The Balaban J connectivity index is 0.000000189. The van der Waals surface area contributed by atoms with Gasteiger partial charge in [-0.15, -0.1) is 0 Å². The van der Waals surface area contributed by atoms with Crippen molar-refractivity contribution in [3.05, 3.63) is 45.5 Å². The molecule has 0 N–H and O–H groups in total. The van der Waals surface area contributed by atoms with Gasteiger partial charge in [-0.3, -0.25) is 14.9 Å². The predicted molar refractivity (Wildman–Crippen MR) is 78.6 cm³/mol. The zero-order valence-corrected chi connectivity index (χ0v) is 12.7. The van der Waals surface area contributed by atoms with Gasteiger partial charge in [0.25, 0.3) is 5.54 Å². The van der Waals surface area contributed by atoms with Gasteiger partial charge in [0.15, 0.2) is 6.10 Å². The first-order chi connectivity index (χ1) is 9.86. The van der Waals surface area contributed by atoms with Gasteiger partial charge in [0.05, 0.1) is 0 Å². The number of nitrogens with zero attached hydrogens (tertiary/aromatic N) is 1. The molecule has 1 aromatic carbocycles. The van der Waals surface area contributed by atoms with Crippen LogP contribution in [-0.2, 0) is 16.0 Å². The summed E-state index contributed by atoms with van der Waals surface area (Å²) >= 11 is 0. The molecule has 3 aliphatic rings. The number of ether oxygens (including phenoxy) is 1. The Morgan fingerprint density at radius 2 is 2.05 bits per heavy atom. The van der Waals surface area contributed by atoms with Crippen molar-refractivity contribution < 1.29 is 14.5 Å². The average Bonchev–Trinajstić information content (AvgIpc) is 2.37. The van der Waals surface area contributed by atoms with Crippen LogP contribution in [0.4, 0.5) is 0 Å². The second-order valence-corrected chi connectivity index (χ2v) is 5.94. The van der Waals surface area contributed by atoms with E-state index in [-0.39, 0.29) is 10.8 Å². The third-order valence-corrected chi connectivity index (χ3v) is 4.62. The summed E-state index contributed by atoms with van der Waals surface area (Å²) in [5.74, 6) is -0.482. The van der Waals surface area contributed by atoms with Gasteiger partial charge in [-0.05, 0) is 30.9 Å². The van der Waals surface area contributed by atoms with Crippen LogP contribution in [0.5, 0.6) is 0 Å². The molecule has 0 aromatic heterocycles. The maximum Gasteiger partial charge on any atom is 0.303 e. The molecule has 3 aliphatic carbocycles. The van der Waals surface area contributed by atoms with Gasteiger partial charge in [0.1, 0.15) is 0 Å². The molecule has 5 heteroatoms. The van der Waals surface area contributed by atoms with Gasteiger partial charge in [-0.25, -0.2) is 0 Å². The summed E-state index contributed by atoms with van der Waals surface area (Å²) in [6.45, 7) is 4.69. The Kier molecular flexibility index (Phi) is 4.30. The molecule has 5 nitrogen and oxygen atoms in total. The largest absolute Gasteiger partial charge is 0.455 e. The molecule has 0 radical (unpaired) electrons. The molecule has 0 aliphatic heterocycles. The molecule has 3 atom stereocenters. The number of nitro groups is 1. The summed E-state index contributed by atoms with van der Waals surface area (Å²) in [7, 11) is 0. The molecule has 114 valence electrons. The van der Waals surface area contributed by atoms with Gasteiger partial charge in [0.2, 0.25) is 0 Å². The van der Waals surface area contributed by atoms with Crippen molar-refractivity contribution in [1.82, 2.24) is 0 Å². The molecule has 1 aromatic rings. The minimum atomic E-state index is -1.05. The van der Waals surface area contributed by atoms with Gasteiger partial charge in [-0.1, -0.05) is 31.2 Å². The first-order valence-electron chi connectivity index (χ1n) is 7.26. The van der Waals surface area contributed by atoms with E-state index < -0.39 is 17.6 Å². The van der Waals surface area contributed by atoms with E-state index in [2.05, 4.69) is 24.3 Å². The molecule has 21 heavy (non-hydrogen) atoms. The lowest BCUT2D eigenvalue weighted by atomic mass is 9.65. The van der Waals surface area contributed by atoms with Crippen LogP contribution in [0.25, 0.3) is 0 Å². The number of esters is 1. The second-order valence-electron chi connectivity index (χ2n) is 5.94. The highest BCUT2D eigenvalue weighted by Gasteiger charge is 2.60. The first kappa shape index (κ1) is 15.5. The van der Waals surface area contributed by atoms with E-state index in [1.165, 1.54) is 24.5 Å². The van der Waals surface area contributed by atoms with Crippen LogP contribution in [0.15, 0.2) is 24.3 Å². The summed E-state index contributed by atoms with van der Waals surface area (Å²) in [5, 5.41) is 11.0. The van der Waals surface area contributed by atoms with E-state index >= 15 is 0 Å². The van der Waals surface area contributed by atoms with Crippen molar-refractivity contribution in [3.63, 3.8) is 0 Å². The number of carbonyl (C=O) groups excluding carboxylic acids is 1. The fraction of sp³-hybridized carbons (Fsp3) is 0.562. The topological polar surface area (TPSA) is 69.4 Å².